The normalized spacial score (nSPS) is 10.1. The Hall–Kier alpha value is -7.79. The van der Waals surface area contributed by atoms with Gasteiger partial charge in [0.15, 0.2) is 6.29 Å². The van der Waals surface area contributed by atoms with E-state index >= 15 is 0 Å². The number of anilines is 7. The summed E-state index contributed by atoms with van der Waals surface area (Å²) in [4.78, 5) is 43.3. The van der Waals surface area contributed by atoms with Crippen molar-refractivity contribution in [3.05, 3.63) is 377 Å². The Balaban J connectivity index is 0.000000340. The molecule has 0 amide bonds. The van der Waals surface area contributed by atoms with E-state index in [1.54, 1.807) is 88.4 Å². The van der Waals surface area contributed by atoms with E-state index in [1.165, 1.54) is 66.7 Å². The molecule has 0 aliphatic carbocycles. The summed E-state index contributed by atoms with van der Waals surface area (Å²) in [6.07, 6.45) is 3.47. The largest absolute Gasteiger partial charge is 0.389 e. The fourth-order valence-corrected chi connectivity index (χ4v) is 25.1. The van der Waals surface area contributed by atoms with Gasteiger partial charge in [-0.1, -0.05) is 256 Å². The first-order valence-corrected chi connectivity index (χ1v) is 53.3. The third kappa shape index (κ3) is 33.6. The molecule has 0 atom stereocenters. The topological polar surface area (TPSA) is 236 Å². The maximum Gasteiger partial charge on any atom is 0.348 e. The van der Waals surface area contributed by atoms with Crippen LogP contribution in [0.3, 0.4) is 0 Å². The van der Waals surface area contributed by atoms with Crippen molar-refractivity contribution in [2.75, 3.05) is 40.7 Å². The zero-order valence-corrected chi connectivity index (χ0v) is 90.9. The summed E-state index contributed by atoms with van der Waals surface area (Å²) >= 11 is 59.9. The molecule has 0 bridgehead atoms. The first-order chi connectivity index (χ1) is 63.6. The number of halogens is 11. The van der Waals surface area contributed by atoms with Crippen LogP contribution in [0.5, 0.6) is 0 Å². The number of rotatable bonds is 18. The number of thioether (sulfide) groups is 1. The Bertz CT molecular complexity index is 7270. The molecular weight excluding hydrogens is 2510 g/mol. The molecule has 0 fully saturated rings. The summed E-state index contributed by atoms with van der Waals surface area (Å²) in [6.45, 7) is 9.25. The Morgan fingerprint density at radius 1 is 0.407 bits per heavy atom. The van der Waals surface area contributed by atoms with Crippen molar-refractivity contribution in [2.24, 2.45) is 0 Å². The van der Waals surface area contributed by atoms with E-state index in [9.17, 15) is 30.3 Å². The zero-order valence-electron chi connectivity index (χ0n) is 69.4. The number of pyridine rings is 2. The van der Waals surface area contributed by atoms with Crippen LogP contribution in [0.2, 0.25) is 15.1 Å². The molecule has 0 spiro atoms. The summed E-state index contributed by atoms with van der Waals surface area (Å²) < 4.78 is 25.4. The van der Waals surface area contributed by atoms with Crippen LogP contribution >= 0.6 is 255 Å². The number of benzene rings is 11. The minimum atomic E-state index is -0.374. The van der Waals surface area contributed by atoms with E-state index in [4.69, 9.17) is 50.0 Å². The highest BCUT2D eigenvalue weighted by Gasteiger charge is 2.27. The van der Waals surface area contributed by atoms with Crippen LogP contribution < -0.4 is 21.7 Å². The number of nitrogens with zero attached hydrogens (tertiary/aromatic N) is 5. The van der Waals surface area contributed by atoms with E-state index in [0.29, 0.717) is 55.5 Å². The summed E-state index contributed by atoms with van der Waals surface area (Å²) in [5, 5.41) is 56.6. The first kappa shape index (κ1) is 125. The molecule has 0 saturated carbocycles. The monoisotopic (exact) mass is 2600 g/mol. The molecule has 17 nitrogen and oxygen atoms in total. The number of thiol groups is 1. The van der Waals surface area contributed by atoms with Gasteiger partial charge in [-0.2, -0.15) is 0 Å². The predicted molar refractivity (Wildman–Crippen MR) is 649 cm³/mol. The highest BCUT2D eigenvalue weighted by molar-refractivity contribution is 9.12. The molecule has 5 N–H and O–H groups in total. The molecule has 0 saturated heterocycles. The third-order valence-electron chi connectivity index (χ3n) is 18.6. The number of fused-ring (bicyclic) bond motifs is 6. The molecule has 0 radical (unpaired) electrons. The lowest BCUT2D eigenvalue weighted by atomic mass is 10.0. The van der Waals surface area contributed by atoms with Crippen molar-refractivity contribution in [3.8, 4) is 22.3 Å². The van der Waals surface area contributed by atoms with Gasteiger partial charge in [-0.05, 0) is 322 Å². The number of aromatic nitrogens is 2. The van der Waals surface area contributed by atoms with Gasteiger partial charge in [-0.3, -0.25) is 40.3 Å². The summed E-state index contributed by atoms with van der Waals surface area (Å²) in [6, 6.07) is 83.6. The van der Waals surface area contributed by atoms with Crippen molar-refractivity contribution in [2.45, 2.75) is 103 Å². The SMILES string of the molecule is Brc1cccc2ccsc12.Brc1csc2c(Br)cccc12.C.C.C.C.C.C.C.C.CCOC(CSc1ccccc1Br)OCC.Cc1cc(-c2cccc3c(Nc4cccc(Cl)c4)c(N)sc23)ccn1.Cc1cc(-c2cccc3c(Nc4cccc(Cl)c4)c([N+](=O)[O-])sc23)ccn1.O=[N+]([O-])c1sc2c(Br)cccc2c1Br.O=[N+]([O-])c1sc2c(Br)cccc2c1Nc1cccc(Cl)c1.Sc1ccccc1Br. The van der Waals surface area contributed by atoms with Gasteiger partial charge in [0.25, 0.3) is 0 Å². The van der Waals surface area contributed by atoms with E-state index < -0.39 is 0 Å². The fourth-order valence-electron chi connectivity index (χ4n) is 12.8. The van der Waals surface area contributed by atoms with Gasteiger partial charge in [0.2, 0.25) is 0 Å². The van der Waals surface area contributed by atoms with Crippen LogP contribution in [0.25, 0.3) is 82.8 Å². The molecule has 738 valence electrons. The van der Waals surface area contributed by atoms with Gasteiger partial charge < -0.3 is 31.2 Å². The molecule has 36 heteroatoms. The Morgan fingerprint density at radius 3 is 1.23 bits per heavy atom. The fraction of sp³-hybridized carbons (Fsp3) is 0.154. The van der Waals surface area contributed by atoms with Gasteiger partial charge in [-0.25, -0.2) is 0 Å². The van der Waals surface area contributed by atoms with Crippen LogP contribution in [-0.2, 0) is 9.47 Å². The quantitative estimate of drug-likeness (QED) is 0.0177. The van der Waals surface area contributed by atoms with Gasteiger partial charge in [0.05, 0.1) is 34.6 Å². The molecule has 19 rings (SSSR count). The number of hydrogen-bond acceptors (Lipinski definition) is 22. The number of nitro groups is 3. The highest BCUT2D eigenvalue weighted by Crippen LogP contribution is 2.51. The summed E-state index contributed by atoms with van der Waals surface area (Å²) in [5.41, 5.74) is 16.7. The van der Waals surface area contributed by atoms with Gasteiger partial charge in [0.1, 0.15) is 20.8 Å². The maximum absolute atomic E-state index is 11.7. The van der Waals surface area contributed by atoms with Crippen molar-refractivity contribution < 1.29 is 24.2 Å². The van der Waals surface area contributed by atoms with Gasteiger partial charge >= 0.3 is 15.0 Å². The molecule has 19 aromatic rings. The van der Waals surface area contributed by atoms with Crippen LogP contribution in [0, 0.1) is 44.2 Å². The van der Waals surface area contributed by atoms with Crippen LogP contribution in [0.15, 0.2) is 330 Å². The Morgan fingerprint density at radius 2 is 0.793 bits per heavy atom. The van der Waals surface area contributed by atoms with Crippen molar-refractivity contribution in [3.63, 3.8) is 0 Å². The minimum absolute atomic E-state index is 0. The van der Waals surface area contributed by atoms with E-state index in [-0.39, 0.29) is 95.5 Å². The predicted octanol–water partition coefficient (Wildman–Crippen LogP) is 43.0. The number of nitrogen functional groups attached to an aromatic ring is 1. The standard InChI is InChI=1S/C20H14ClN3O2S.C20H16ClN3S.C14H8BrClN2O2S.C12H17BrO2S.C8H3Br2NO2S.C8H4Br2S.C8H5BrS.C6H5BrS.8CH4/c1-12-10-13(8-9-22-12)16-6-3-7-17-18(20(24(25)26)27-19(16)17)23-15-5-2-4-14(21)11-15;1-12-10-13(8-9-23-12)16-6-3-7-17-18(20(22)25-19(16)17)24-15-5-2-4-14(21)11-15;15-11-6-2-5-10-12(14(18(19)20)21-13(10)11)17-9-4-1-3-8(16)7-9;1-3-14-12(15-4-2)9-16-11-8-6-5-7-10(11)13;9-5-3-1-2-4-6(10)8(11(12)13)14-7(4)5;9-6-3-1-2-5-7(10)4-11-8(5)6;9-7-3-1-2-6-4-5-10-8(6)7;7-5-3-1-2-4-6(5)8;;;;;;;;/h2-11,23H,1H3;2-11,24H,22H2,1H3;1-7,17H;5-8,12H,3-4,9H2,1-2H3;1-3H;1-4H;1-5H;1-4,8H;8*1H4. The van der Waals surface area contributed by atoms with E-state index in [0.717, 1.165) is 125 Å². The molecule has 8 heterocycles. The summed E-state index contributed by atoms with van der Waals surface area (Å²) in [5.74, 6) is 0.810. The number of nitrogens with one attached hydrogen (secondary N) is 3. The van der Waals surface area contributed by atoms with E-state index in [2.05, 4.69) is 243 Å². The molecule has 11 aromatic carbocycles. The van der Waals surface area contributed by atoms with Crippen LogP contribution in [0.4, 0.5) is 54.1 Å². The molecule has 0 unspecified atom stereocenters. The number of aryl methyl sites for hydroxylation is 2. The third-order valence-corrected chi connectivity index (χ3v) is 35.1. The lowest BCUT2D eigenvalue weighted by molar-refractivity contribution is -0.380. The Labute approximate surface area is 935 Å². The maximum atomic E-state index is 11.7. The van der Waals surface area contributed by atoms with Crippen LogP contribution in [-0.4, -0.2) is 50.0 Å². The molecule has 8 aromatic heterocycles. The second kappa shape index (κ2) is 60.8. The van der Waals surface area contributed by atoms with Crippen molar-refractivity contribution >= 4 is 369 Å². The van der Waals surface area contributed by atoms with E-state index in [1.807, 2.05) is 192 Å². The van der Waals surface area contributed by atoms with Crippen LogP contribution in [0.1, 0.15) is 84.6 Å². The van der Waals surface area contributed by atoms with Gasteiger partial charge in [-0.15, -0.1) is 58.4 Å². The van der Waals surface area contributed by atoms with Crippen molar-refractivity contribution in [1.82, 2.24) is 9.97 Å². The second-order valence-corrected chi connectivity index (χ2v) is 43.1. The Kier molecular flexibility index (Phi) is 54.1. The second-order valence-electron chi connectivity index (χ2n) is 27.6. The smallest absolute Gasteiger partial charge is 0.348 e. The average molecular weight is 2610 g/mol. The molecular formula is C104H104Br8Cl3N9O8S8. The number of ether oxygens (including phenoxy) is 2. The summed E-state index contributed by atoms with van der Waals surface area (Å²) in [7, 11) is 0. The lowest BCUT2D eigenvalue weighted by Gasteiger charge is -2.16. The lowest BCUT2D eigenvalue weighted by Crippen LogP contribution is -2.19. The number of hydrogen-bond donors (Lipinski definition) is 5. The molecule has 140 heavy (non-hydrogen) atoms. The zero-order chi connectivity index (χ0) is 94.2. The first-order valence-electron chi connectivity index (χ1n) is 39.3. The van der Waals surface area contributed by atoms with Gasteiger partial charge in [0, 0.05) is 162 Å². The minimum Gasteiger partial charge on any atom is -0.389 e. The number of thiophene rings is 6. The molecule has 0 aliphatic rings. The average Bonchev–Trinajstić information content (AvgIpc) is 1.61. The number of nitrogens with two attached hydrogens (primary N) is 1. The highest BCUT2D eigenvalue weighted by atomic mass is 79.9. The van der Waals surface area contributed by atoms with Crippen molar-refractivity contribution in [1.29, 1.82) is 0 Å². The molecule has 0 aliphatic heterocycles.